The zero-order chi connectivity index (χ0) is 23.3. The van der Waals surface area contributed by atoms with Crippen molar-refractivity contribution in [1.29, 1.82) is 0 Å². The number of benzene rings is 2. The van der Waals surface area contributed by atoms with Crippen LogP contribution in [0.2, 0.25) is 0 Å². The van der Waals surface area contributed by atoms with Gasteiger partial charge in [0.25, 0.3) is 5.91 Å². The fraction of sp³-hybridized carbons (Fsp3) is 0.423. The highest BCUT2D eigenvalue weighted by Crippen LogP contribution is 2.28. The second kappa shape index (κ2) is 9.98. The van der Waals surface area contributed by atoms with Crippen molar-refractivity contribution in [2.45, 2.75) is 45.6 Å². The molecule has 2 unspecified atom stereocenters. The van der Waals surface area contributed by atoms with E-state index in [1.807, 2.05) is 61.5 Å². The van der Waals surface area contributed by atoms with E-state index in [-0.39, 0.29) is 41.5 Å². The lowest BCUT2D eigenvalue weighted by Crippen LogP contribution is -2.38. The number of amides is 3. The van der Waals surface area contributed by atoms with Gasteiger partial charge in [0, 0.05) is 31.6 Å². The van der Waals surface area contributed by atoms with Gasteiger partial charge in [-0.1, -0.05) is 63.2 Å². The van der Waals surface area contributed by atoms with Crippen LogP contribution in [0.5, 0.6) is 0 Å². The summed E-state index contributed by atoms with van der Waals surface area (Å²) in [5, 5.41) is 5.68. The summed E-state index contributed by atoms with van der Waals surface area (Å²) in [6, 6.07) is 17.3. The number of rotatable bonds is 7. The van der Waals surface area contributed by atoms with Crippen molar-refractivity contribution in [2.75, 3.05) is 19.6 Å². The third-order valence-electron chi connectivity index (χ3n) is 6.00. The largest absolute Gasteiger partial charge is 0.354 e. The van der Waals surface area contributed by atoms with Gasteiger partial charge >= 0.3 is 0 Å². The number of carbonyl (C=O) groups excluding carboxylic acids is 3. The minimum absolute atomic E-state index is 0.00601. The van der Waals surface area contributed by atoms with Crippen molar-refractivity contribution in [3.05, 3.63) is 71.3 Å². The van der Waals surface area contributed by atoms with Gasteiger partial charge in [-0.05, 0) is 35.6 Å². The van der Waals surface area contributed by atoms with Crippen LogP contribution >= 0.6 is 0 Å². The summed E-state index contributed by atoms with van der Waals surface area (Å²) in [4.78, 5) is 39.1. The Balaban J connectivity index is 1.43. The highest BCUT2D eigenvalue weighted by Gasteiger charge is 2.36. The summed E-state index contributed by atoms with van der Waals surface area (Å²) in [7, 11) is 0. The standard InChI is InChI=1S/C26H33N3O3/c1-18(19-8-6-5-7-9-19)29-17-21(16-23(29)30)25(32)28-15-14-27-24(31)20-10-12-22(13-11-20)26(2,3)4/h5-13,18,21H,14-17H2,1-4H3,(H,27,31)(H,28,32). The molecule has 2 atom stereocenters. The maximum atomic E-state index is 12.5. The first-order chi connectivity index (χ1) is 15.2. The Bertz CT molecular complexity index is 949. The smallest absolute Gasteiger partial charge is 0.251 e. The molecule has 0 bridgehead atoms. The lowest BCUT2D eigenvalue weighted by molar-refractivity contribution is -0.130. The Morgan fingerprint density at radius 2 is 1.62 bits per heavy atom. The summed E-state index contributed by atoms with van der Waals surface area (Å²) >= 11 is 0. The molecule has 1 fully saturated rings. The van der Waals surface area contributed by atoms with E-state index in [1.165, 1.54) is 5.56 Å². The zero-order valence-electron chi connectivity index (χ0n) is 19.4. The first kappa shape index (κ1) is 23.5. The molecule has 6 heteroatoms. The Hall–Kier alpha value is -3.15. The average molecular weight is 436 g/mol. The van der Waals surface area contributed by atoms with Crippen LogP contribution in [0.1, 0.15) is 61.6 Å². The van der Waals surface area contributed by atoms with Gasteiger partial charge in [0.15, 0.2) is 0 Å². The molecule has 1 saturated heterocycles. The minimum Gasteiger partial charge on any atom is -0.354 e. The van der Waals surface area contributed by atoms with E-state index in [4.69, 9.17) is 0 Å². The molecular weight excluding hydrogens is 402 g/mol. The van der Waals surface area contributed by atoms with E-state index < -0.39 is 0 Å². The van der Waals surface area contributed by atoms with E-state index in [9.17, 15) is 14.4 Å². The van der Waals surface area contributed by atoms with Gasteiger partial charge in [-0.25, -0.2) is 0 Å². The lowest BCUT2D eigenvalue weighted by atomic mass is 9.87. The van der Waals surface area contributed by atoms with Gasteiger partial charge in [0.05, 0.1) is 12.0 Å². The monoisotopic (exact) mass is 435 g/mol. The Kier molecular flexibility index (Phi) is 7.33. The third-order valence-corrected chi connectivity index (χ3v) is 6.00. The molecule has 32 heavy (non-hydrogen) atoms. The van der Waals surface area contributed by atoms with Crippen LogP contribution in [0.4, 0.5) is 0 Å². The molecule has 2 aromatic rings. The van der Waals surface area contributed by atoms with Crippen molar-refractivity contribution in [2.24, 2.45) is 5.92 Å². The lowest BCUT2D eigenvalue weighted by Gasteiger charge is -2.25. The second-order valence-corrected chi connectivity index (χ2v) is 9.41. The van der Waals surface area contributed by atoms with Crippen molar-refractivity contribution in [3.8, 4) is 0 Å². The maximum absolute atomic E-state index is 12.5. The topological polar surface area (TPSA) is 78.5 Å². The second-order valence-electron chi connectivity index (χ2n) is 9.41. The van der Waals surface area contributed by atoms with Crippen LogP contribution in [0, 0.1) is 5.92 Å². The molecule has 6 nitrogen and oxygen atoms in total. The Morgan fingerprint density at radius 1 is 1.00 bits per heavy atom. The highest BCUT2D eigenvalue weighted by atomic mass is 16.2. The van der Waals surface area contributed by atoms with E-state index in [0.717, 1.165) is 5.56 Å². The van der Waals surface area contributed by atoms with E-state index in [1.54, 1.807) is 4.90 Å². The molecule has 0 aromatic heterocycles. The number of carbonyl (C=O) groups is 3. The summed E-state index contributed by atoms with van der Waals surface area (Å²) in [5.74, 6) is -0.689. The van der Waals surface area contributed by atoms with Gasteiger partial charge in [-0.3, -0.25) is 14.4 Å². The van der Waals surface area contributed by atoms with E-state index in [2.05, 4.69) is 31.4 Å². The van der Waals surface area contributed by atoms with E-state index >= 15 is 0 Å². The van der Waals surface area contributed by atoms with Crippen LogP contribution in [0.15, 0.2) is 54.6 Å². The predicted octanol–water partition coefficient (Wildman–Crippen LogP) is 3.44. The normalized spacial score (nSPS) is 17.2. The molecule has 2 aromatic carbocycles. The molecule has 0 spiro atoms. The third kappa shape index (κ3) is 5.75. The first-order valence-corrected chi connectivity index (χ1v) is 11.2. The molecule has 3 rings (SSSR count). The van der Waals surface area contributed by atoms with Crippen molar-refractivity contribution in [3.63, 3.8) is 0 Å². The fourth-order valence-corrected chi connectivity index (χ4v) is 3.92. The molecule has 1 aliphatic rings. The van der Waals surface area contributed by atoms with Crippen molar-refractivity contribution < 1.29 is 14.4 Å². The van der Waals surface area contributed by atoms with Crippen LogP contribution in [-0.4, -0.2) is 42.3 Å². The van der Waals surface area contributed by atoms with Gasteiger partial charge < -0.3 is 15.5 Å². The molecule has 3 amide bonds. The molecule has 170 valence electrons. The highest BCUT2D eigenvalue weighted by molar-refractivity contribution is 5.94. The molecule has 0 radical (unpaired) electrons. The quantitative estimate of drug-likeness (QED) is 0.654. The molecule has 1 heterocycles. The molecule has 2 N–H and O–H groups in total. The van der Waals surface area contributed by atoms with Crippen LogP contribution in [0.25, 0.3) is 0 Å². The average Bonchev–Trinajstić information content (AvgIpc) is 3.17. The first-order valence-electron chi connectivity index (χ1n) is 11.2. The number of hydrogen-bond donors (Lipinski definition) is 2. The molecule has 1 aliphatic heterocycles. The minimum atomic E-state index is -0.366. The molecular formula is C26H33N3O3. The van der Waals surface area contributed by atoms with Crippen LogP contribution in [-0.2, 0) is 15.0 Å². The summed E-state index contributed by atoms with van der Waals surface area (Å²) < 4.78 is 0. The summed E-state index contributed by atoms with van der Waals surface area (Å²) in [6.45, 7) is 9.43. The van der Waals surface area contributed by atoms with Gasteiger partial charge in [-0.15, -0.1) is 0 Å². The Labute approximate surface area is 190 Å². The Morgan fingerprint density at radius 3 is 2.25 bits per heavy atom. The van der Waals surface area contributed by atoms with Gasteiger partial charge in [0.1, 0.15) is 0 Å². The molecule has 0 saturated carbocycles. The SMILES string of the molecule is CC(c1ccccc1)N1CC(C(=O)NCCNC(=O)c2ccc(C(C)(C)C)cc2)CC1=O. The molecule has 0 aliphatic carbocycles. The van der Waals surface area contributed by atoms with Gasteiger partial charge in [0.2, 0.25) is 11.8 Å². The summed E-state index contributed by atoms with van der Waals surface area (Å²) in [5.41, 5.74) is 2.86. The number of hydrogen-bond acceptors (Lipinski definition) is 3. The number of nitrogens with zero attached hydrogens (tertiary/aromatic N) is 1. The van der Waals surface area contributed by atoms with E-state index in [0.29, 0.717) is 25.2 Å². The summed E-state index contributed by atoms with van der Waals surface area (Å²) in [6.07, 6.45) is 0.218. The predicted molar refractivity (Wildman–Crippen MR) is 125 cm³/mol. The van der Waals surface area contributed by atoms with Crippen molar-refractivity contribution >= 4 is 17.7 Å². The van der Waals surface area contributed by atoms with Crippen molar-refractivity contribution in [1.82, 2.24) is 15.5 Å². The number of likely N-dealkylation sites (tertiary alicyclic amines) is 1. The fourth-order valence-electron chi connectivity index (χ4n) is 3.92. The number of nitrogens with one attached hydrogen (secondary N) is 2. The van der Waals surface area contributed by atoms with Crippen LogP contribution < -0.4 is 10.6 Å². The zero-order valence-corrected chi connectivity index (χ0v) is 19.4. The maximum Gasteiger partial charge on any atom is 0.251 e. The van der Waals surface area contributed by atoms with Crippen LogP contribution in [0.3, 0.4) is 0 Å². The van der Waals surface area contributed by atoms with Gasteiger partial charge in [-0.2, -0.15) is 0 Å².